The Morgan fingerprint density at radius 3 is 2.28 bits per heavy atom. The molecule has 0 bridgehead atoms. The van der Waals surface area contributed by atoms with Gasteiger partial charge in [-0.15, -0.1) is 0 Å². The van der Waals surface area contributed by atoms with Crippen LogP contribution in [-0.2, 0) is 10.3 Å². The molecule has 4 aromatic carbocycles. The van der Waals surface area contributed by atoms with E-state index in [1.807, 2.05) is 78.9 Å². The average molecular weight is 497 g/mol. The summed E-state index contributed by atoms with van der Waals surface area (Å²) in [5.41, 5.74) is 4.64. The minimum absolute atomic E-state index is 0.340. The third kappa shape index (κ3) is 3.34. The van der Waals surface area contributed by atoms with Crippen molar-refractivity contribution in [2.24, 2.45) is 0 Å². The topological polar surface area (TPSA) is 50.8 Å². The lowest BCUT2D eigenvalue weighted by molar-refractivity contribution is 0.0224. The second-order valence-corrected chi connectivity index (χ2v) is 9.30. The molecule has 2 heterocycles. The Morgan fingerprint density at radius 2 is 1.47 bits per heavy atom. The third-order valence-corrected chi connectivity index (χ3v) is 7.28. The zero-order valence-electron chi connectivity index (χ0n) is 20.0. The standard InChI is InChI=1S/C30H25ClN2O3/c1-3-33(4-2)26-18-20(13-15-25(26)31)32-19-14-16-28-24(17-19)30(23-11-7-8-12-27(23)35-28)22-10-6-5-9-21(22)29(34)36-30/h5-18,32H,3-4H2,1-2H3. The van der Waals surface area contributed by atoms with Crippen molar-refractivity contribution in [3.8, 4) is 11.5 Å². The fraction of sp³-hybridized carbons (Fsp3) is 0.167. The highest BCUT2D eigenvalue weighted by Gasteiger charge is 2.53. The Morgan fingerprint density at radius 1 is 0.806 bits per heavy atom. The van der Waals surface area contributed by atoms with Crippen molar-refractivity contribution >= 4 is 34.6 Å². The SMILES string of the molecule is CCN(CC)c1cc(Nc2ccc3c(c2)C2(OC(=O)c4ccccc42)c2ccccc2O3)ccc1Cl. The van der Waals surface area contributed by atoms with Crippen molar-refractivity contribution in [1.29, 1.82) is 0 Å². The number of carbonyl (C=O) groups excluding carboxylic acids is 1. The van der Waals surface area contributed by atoms with E-state index in [4.69, 9.17) is 21.1 Å². The molecule has 4 aromatic rings. The van der Waals surface area contributed by atoms with Crippen molar-refractivity contribution in [2.75, 3.05) is 23.3 Å². The van der Waals surface area contributed by atoms with Gasteiger partial charge < -0.3 is 19.7 Å². The number of anilines is 3. The van der Waals surface area contributed by atoms with E-state index in [0.717, 1.165) is 46.8 Å². The molecule has 0 saturated carbocycles. The Labute approximate surface area is 215 Å². The predicted molar refractivity (Wildman–Crippen MR) is 143 cm³/mol. The summed E-state index contributed by atoms with van der Waals surface area (Å²) in [7, 11) is 0. The van der Waals surface area contributed by atoms with E-state index in [0.29, 0.717) is 22.1 Å². The number of para-hydroxylation sites is 1. The van der Waals surface area contributed by atoms with Crippen LogP contribution in [0.15, 0.2) is 84.9 Å². The van der Waals surface area contributed by atoms with Gasteiger partial charge in [-0.25, -0.2) is 4.79 Å². The van der Waals surface area contributed by atoms with Gasteiger partial charge in [0.05, 0.1) is 16.3 Å². The summed E-state index contributed by atoms with van der Waals surface area (Å²) in [6, 6.07) is 27.1. The minimum Gasteiger partial charge on any atom is -0.456 e. The number of hydrogen-bond acceptors (Lipinski definition) is 5. The molecule has 0 aliphatic carbocycles. The van der Waals surface area contributed by atoms with E-state index < -0.39 is 5.60 Å². The summed E-state index contributed by atoms with van der Waals surface area (Å²) in [5.74, 6) is 0.994. The lowest BCUT2D eigenvalue weighted by atomic mass is 9.77. The van der Waals surface area contributed by atoms with Crippen LogP contribution >= 0.6 is 11.6 Å². The lowest BCUT2D eigenvalue weighted by Crippen LogP contribution is -2.33. The van der Waals surface area contributed by atoms with E-state index in [1.54, 1.807) is 0 Å². The zero-order valence-corrected chi connectivity index (χ0v) is 20.8. The number of nitrogens with one attached hydrogen (secondary N) is 1. The Hall–Kier alpha value is -3.96. The molecule has 0 fully saturated rings. The summed E-state index contributed by atoms with van der Waals surface area (Å²) in [5, 5.41) is 4.22. The van der Waals surface area contributed by atoms with Gasteiger partial charge in [-0.1, -0.05) is 48.0 Å². The quantitative estimate of drug-likeness (QED) is 0.290. The van der Waals surface area contributed by atoms with Crippen LogP contribution in [0.2, 0.25) is 5.02 Å². The monoisotopic (exact) mass is 496 g/mol. The highest BCUT2D eigenvalue weighted by Crippen LogP contribution is 2.56. The second-order valence-electron chi connectivity index (χ2n) is 8.89. The summed E-state index contributed by atoms with van der Waals surface area (Å²) in [6.07, 6.45) is 0. The maximum absolute atomic E-state index is 13.0. The predicted octanol–water partition coefficient (Wildman–Crippen LogP) is 7.50. The molecule has 1 atom stereocenters. The first-order valence-electron chi connectivity index (χ1n) is 12.1. The van der Waals surface area contributed by atoms with Crippen molar-refractivity contribution in [1.82, 2.24) is 0 Å². The number of rotatable bonds is 5. The van der Waals surface area contributed by atoms with Gasteiger partial charge in [0.2, 0.25) is 0 Å². The molecule has 0 radical (unpaired) electrons. The number of carbonyl (C=O) groups is 1. The lowest BCUT2D eigenvalue weighted by Gasteiger charge is -2.36. The molecule has 1 spiro atoms. The summed E-state index contributed by atoms with van der Waals surface area (Å²) < 4.78 is 12.5. The van der Waals surface area contributed by atoms with Crippen molar-refractivity contribution in [3.63, 3.8) is 0 Å². The molecule has 2 aliphatic rings. The molecule has 36 heavy (non-hydrogen) atoms. The largest absolute Gasteiger partial charge is 0.456 e. The Kier molecular flexibility index (Phi) is 5.38. The number of hydrogen-bond donors (Lipinski definition) is 1. The first kappa shape index (κ1) is 22.5. The number of halogens is 1. The third-order valence-electron chi connectivity index (χ3n) is 6.96. The normalized spacial score (nSPS) is 17.0. The summed E-state index contributed by atoms with van der Waals surface area (Å²) >= 11 is 6.50. The average Bonchev–Trinajstić information content (AvgIpc) is 3.20. The first-order valence-corrected chi connectivity index (χ1v) is 12.5. The maximum atomic E-state index is 13.0. The molecule has 180 valence electrons. The molecule has 6 heteroatoms. The smallest absolute Gasteiger partial charge is 0.340 e. The number of esters is 1. The van der Waals surface area contributed by atoms with E-state index in [2.05, 4.69) is 30.1 Å². The maximum Gasteiger partial charge on any atom is 0.340 e. The number of ether oxygens (including phenoxy) is 2. The highest BCUT2D eigenvalue weighted by atomic mass is 35.5. The van der Waals surface area contributed by atoms with Gasteiger partial charge in [0, 0.05) is 41.2 Å². The molecule has 0 saturated heterocycles. The molecule has 2 aliphatic heterocycles. The molecule has 5 nitrogen and oxygen atoms in total. The zero-order chi connectivity index (χ0) is 24.9. The van der Waals surface area contributed by atoms with Crippen molar-refractivity contribution in [3.05, 3.63) is 112 Å². The number of fused-ring (bicyclic) bond motifs is 6. The van der Waals surface area contributed by atoms with Crippen LogP contribution in [0.5, 0.6) is 11.5 Å². The van der Waals surface area contributed by atoms with Gasteiger partial charge in [-0.2, -0.15) is 0 Å². The fourth-order valence-electron chi connectivity index (χ4n) is 5.26. The van der Waals surface area contributed by atoms with Crippen LogP contribution in [0, 0.1) is 0 Å². The van der Waals surface area contributed by atoms with Crippen molar-refractivity contribution in [2.45, 2.75) is 19.4 Å². The minimum atomic E-state index is -1.08. The van der Waals surface area contributed by atoms with Crippen LogP contribution in [0.1, 0.15) is 40.9 Å². The molecule has 1 unspecified atom stereocenters. The summed E-state index contributed by atoms with van der Waals surface area (Å²) in [4.78, 5) is 15.2. The van der Waals surface area contributed by atoms with Crippen LogP contribution in [-0.4, -0.2) is 19.1 Å². The molecular formula is C30H25ClN2O3. The first-order chi connectivity index (χ1) is 17.5. The highest BCUT2D eigenvalue weighted by molar-refractivity contribution is 6.33. The van der Waals surface area contributed by atoms with E-state index in [-0.39, 0.29) is 5.97 Å². The van der Waals surface area contributed by atoms with Gasteiger partial charge in [0.15, 0.2) is 5.60 Å². The summed E-state index contributed by atoms with van der Waals surface area (Å²) in [6.45, 7) is 5.95. The van der Waals surface area contributed by atoms with E-state index in [1.165, 1.54) is 0 Å². The molecule has 6 rings (SSSR count). The second kappa shape index (κ2) is 8.61. The number of benzene rings is 4. The van der Waals surface area contributed by atoms with Crippen LogP contribution in [0.4, 0.5) is 17.1 Å². The van der Waals surface area contributed by atoms with Crippen LogP contribution < -0.4 is 15.0 Å². The van der Waals surface area contributed by atoms with Crippen LogP contribution in [0.25, 0.3) is 0 Å². The van der Waals surface area contributed by atoms with Gasteiger partial charge >= 0.3 is 5.97 Å². The van der Waals surface area contributed by atoms with Crippen LogP contribution in [0.3, 0.4) is 0 Å². The Balaban J connectivity index is 1.48. The number of nitrogens with zero attached hydrogens (tertiary/aromatic N) is 1. The van der Waals surface area contributed by atoms with Crippen molar-refractivity contribution < 1.29 is 14.3 Å². The molecule has 0 aromatic heterocycles. The molecule has 1 N–H and O–H groups in total. The van der Waals surface area contributed by atoms with Gasteiger partial charge in [-0.3, -0.25) is 0 Å². The van der Waals surface area contributed by atoms with E-state index in [9.17, 15) is 4.79 Å². The fourth-order valence-corrected chi connectivity index (χ4v) is 5.50. The van der Waals surface area contributed by atoms with Gasteiger partial charge in [-0.05, 0) is 62.4 Å². The van der Waals surface area contributed by atoms with E-state index >= 15 is 0 Å². The molecule has 0 amide bonds. The Bertz CT molecular complexity index is 1500. The van der Waals surface area contributed by atoms with Gasteiger partial charge in [0.1, 0.15) is 11.5 Å². The van der Waals surface area contributed by atoms with Gasteiger partial charge in [0.25, 0.3) is 0 Å². The molecular weight excluding hydrogens is 472 g/mol.